The minimum Gasteiger partial charge on any atom is -0.379 e. The lowest BCUT2D eigenvalue weighted by atomic mass is 9.93. The molecule has 0 saturated heterocycles. The van der Waals surface area contributed by atoms with Gasteiger partial charge in [0, 0.05) is 32.5 Å². The van der Waals surface area contributed by atoms with Crippen LogP contribution in [0.25, 0.3) is 22.3 Å². The van der Waals surface area contributed by atoms with Gasteiger partial charge in [-0.2, -0.15) is 0 Å². The Morgan fingerprint density at radius 3 is 2.60 bits per heavy atom. The van der Waals surface area contributed by atoms with Crippen molar-refractivity contribution in [1.29, 1.82) is 0 Å². The van der Waals surface area contributed by atoms with Gasteiger partial charge in [0.25, 0.3) is 0 Å². The van der Waals surface area contributed by atoms with Crippen molar-refractivity contribution in [2.24, 2.45) is 0 Å². The quantitative estimate of drug-likeness (QED) is 0.334. The molecule has 1 atom stereocenters. The zero-order valence-corrected chi connectivity index (χ0v) is 17.3. The van der Waals surface area contributed by atoms with Crippen LogP contribution in [0.2, 0.25) is 0 Å². The van der Waals surface area contributed by atoms with Crippen molar-refractivity contribution in [1.82, 2.24) is 15.0 Å². The van der Waals surface area contributed by atoms with Gasteiger partial charge in [0.05, 0.1) is 11.9 Å². The maximum Gasteiger partial charge on any atom is 0.137 e. The number of benzene rings is 3. The number of hydrogen-bond acceptors (Lipinski definition) is 3. The van der Waals surface area contributed by atoms with Gasteiger partial charge >= 0.3 is 0 Å². The summed E-state index contributed by atoms with van der Waals surface area (Å²) >= 11 is 1.72. The van der Waals surface area contributed by atoms with Crippen LogP contribution < -0.4 is 0 Å². The van der Waals surface area contributed by atoms with Gasteiger partial charge in [-0.1, -0.05) is 54.2 Å². The topological polar surface area (TPSA) is 64.7 Å². The first kappa shape index (κ1) is 18.7. The lowest BCUT2D eigenvalue weighted by Crippen LogP contribution is -2.23. The van der Waals surface area contributed by atoms with Gasteiger partial charge in [-0.25, -0.2) is 4.98 Å². The molecule has 0 saturated carbocycles. The van der Waals surface area contributed by atoms with Gasteiger partial charge in [0.2, 0.25) is 0 Å². The summed E-state index contributed by atoms with van der Waals surface area (Å²) in [5, 5.41) is 12.3. The third-order valence-corrected chi connectivity index (χ3v) is 6.28. The fourth-order valence-corrected chi connectivity index (χ4v) is 4.50. The van der Waals surface area contributed by atoms with Crippen LogP contribution in [0.3, 0.4) is 0 Å². The first-order valence-corrected chi connectivity index (χ1v) is 10.6. The van der Waals surface area contributed by atoms with E-state index in [1.807, 2.05) is 48.7 Å². The Hall–Kier alpha value is -3.28. The Morgan fingerprint density at radius 2 is 1.73 bits per heavy atom. The van der Waals surface area contributed by atoms with Gasteiger partial charge in [0.1, 0.15) is 11.4 Å². The number of imidazole rings is 1. The van der Waals surface area contributed by atoms with E-state index >= 15 is 0 Å². The van der Waals surface area contributed by atoms with E-state index in [1.54, 1.807) is 24.9 Å². The monoisotopic (exact) mass is 411 g/mol. The van der Waals surface area contributed by atoms with Crippen LogP contribution in [0.4, 0.5) is 0 Å². The molecule has 5 rings (SSSR count). The average molecular weight is 412 g/mol. The molecule has 3 N–H and O–H groups in total. The molecule has 148 valence electrons. The van der Waals surface area contributed by atoms with E-state index in [1.165, 1.54) is 10.3 Å². The zero-order valence-electron chi connectivity index (χ0n) is 16.5. The summed E-state index contributed by atoms with van der Waals surface area (Å²) in [4.78, 5) is 13.4. The van der Waals surface area contributed by atoms with Crippen LogP contribution in [-0.2, 0) is 5.60 Å². The molecule has 3 aromatic carbocycles. The molecule has 0 aliphatic rings. The van der Waals surface area contributed by atoms with Crippen molar-refractivity contribution in [2.75, 3.05) is 0 Å². The molecule has 5 aromatic rings. The van der Waals surface area contributed by atoms with E-state index in [4.69, 9.17) is 0 Å². The van der Waals surface area contributed by atoms with Gasteiger partial charge in [-0.15, -0.1) is 0 Å². The van der Waals surface area contributed by atoms with Gasteiger partial charge in [-0.05, 0) is 48.9 Å². The van der Waals surface area contributed by atoms with Gasteiger partial charge in [0.15, 0.2) is 0 Å². The molecule has 30 heavy (non-hydrogen) atoms. The van der Waals surface area contributed by atoms with Crippen molar-refractivity contribution in [3.63, 3.8) is 0 Å². The van der Waals surface area contributed by atoms with Crippen molar-refractivity contribution >= 4 is 22.7 Å². The van der Waals surface area contributed by atoms with Crippen LogP contribution >= 0.6 is 11.8 Å². The Morgan fingerprint density at radius 1 is 0.900 bits per heavy atom. The fourth-order valence-electron chi connectivity index (χ4n) is 3.57. The molecule has 1 unspecified atom stereocenters. The number of fused-ring (bicyclic) bond motifs is 1. The molecule has 4 nitrogen and oxygen atoms in total. The van der Waals surface area contributed by atoms with Crippen molar-refractivity contribution in [2.45, 2.75) is 22.3 Å². The summed E-state index contributed by atoms with van der Waals surface area (Å²) in [5.41, 5.74) is 2.48. The molecule has 0 aliphatic heterocycles. The Labute approximate surface area is 179 Å². The zero-order chi connectivity index (χ0) is 20.6. The summed E-state index contributed by atoms with van der Waals surface area (Å²) < 4.78 is 0. The molecule has 0 fully saturated rings. The highest BCUT2D eigenvalue weighted by atomic mass is 32.2. The van der Waals surface area contributed by atoms with E-state index in [0.29, 0.717) is 5.69 Å². The summed E-state index contributed by atoms with van der Waals surface area (Å²) in [6.45, 7) is 1.78. The second-order valence-corrected chi connectivity index (χ2v) is 8.59. The van der Waals surface area contributed by atoms with E-state index in [9.17, 15) is 5.11 Å². The van der Waals surface area contributed by atoms with Crippen LogP contribution in [0, 0.1) is 0 Å². The standard InChI is InChI=1S/C25H21N3OS/c1-25(29,19-7-3-2-4-8-19)23-16-27-24(28-23)18-6-5-9-20(15-18)30-21-10-11-22-17(14-21)12-13-26-22/h2-16,26,29H,1H3,(H,27,28). The maximum atomic E-state index is 11.1. The number of nitrogens with one attached hydrogen (secondary N) is 2. The molecule has 0 amide bonds. The molecule has 0 spiro atoms. The molecule has 2 aromatic heterocycles. The molecular formula is C25H21N3OS. The third kappa shape index (κ3) is 3.54. The van der Waals surface area contributed by atoms with Gasteiger partial charge in [-0.3, -0.25) is 0 Å². The summed E-state index contributed by atoms with van der Waals surface area (Å²) in [7, 11) is 0. The minimum absolute atomic E-state index is 0.666. The summed E-state index contributed by atoms with van der Waals surface area (Å²) in [6, 6.07) is 26.4. The van der Waals surface area contributed by atoms with Crippen molar-refractivity contribution in [3.8, 4) is 11.4 Å². The largest absolute Gasteiger partial charge is 0.379 e. The second kappa shape index (κ2) is 7.52. The first-order valence-electron chi connectivity index (χ1n) is 9.78. The normalized spacial score (nSPS) is 13.4. The van der Waals surface area contributed by atoms with Crippen LogP contribution in [0.5, 0.6) is 0 Å². The number of aliphatic hydroxyl groups is 1. The van der Waals surface area contributed by atoms with Crippen molar-refractivity contribution < 1.29 is 5.11 Å². The summed E-state index contributed by atoms with van der Waals surface area (Å²) in [5.74, 6) is 0.741. The molecule has 5 heteroatoms. The highest BCUT2D eigenvalue weighted by molar-refractivity contribution is 7.99. The average Bonchev–Trinajstić information content (AvgIpc) is 3.44. The number of hydrogen-bond donors (Lipinski definition) is 3. The number of nitrogens with zero attached hydrogens (tertiary/aromatic N) is 1. The van der Waals surface area contributed by atoms with Crippen LogP contribution in [-0.4, -0.2) is 20.1 Å². The molecule has 0 radical (unpaired) electrons. The highest BCUT2D eigenvalue weighted by Crippen LogP contribution is 2.33. The number of aromatic amines is 2. The van der Waals surface area contributed by atoms with E-state index in [2.05, 4.69) is 51.4 Å². The second-order valence-electron chi connectivity index (χ2n) is 7.44. The van der Waals surface area contributed by atoms with E-state index < -0.39 is 5.60 Å². The van der Waals surface area contributed by atoms with Gasteiger partial charge < -0.3 is 15.1 Å². The Kier molecular flexibility index (Phi) is 4.69. The maximum absolute atomic E-state index is 11.1. The molecule has 0 aliphatic carbocycles. The smallest absolute Gasteiger partial charge is 0.137 e. The SMILES string of the molecule is CC(O)(c1ccccc1)c1cnc(-c2cccc(Sc3ccc4[nH]ccc4c3)c2)[nH]1. The number of rotatable bonds is 5. The summed E-state index contributed by atoms with van der Waals surface area (Å²) in [6.07, 6.45) is 3.67. The molecule has 0 bridgehead atoms. The number of H-pyrrole nitrogens is 2. The van der Waals surface area contributed by atoms with E-state index in [0.717, 1.165) is 27.4 Å². The van der Waals surface area contributed by atoms with Crippen LogP contribution in [0.15, 0.2) is 101 Å². The molecule has 2 heterocycles. The number of aromatic nitrogens is 3. The third-order valence-electron chi connectivity index (χ3n) is 5.30. The highest BCUT2D eigenvalue weighted by Gasteiger charge is 2.27. The molecular weight excluding hydrogens is 390 g/mol. The first-order chi connectivity index (χ1) is 14.6. The Bertz CT molecular complexity index is 1300. The lowest BCUT2D eigenvalue weighted by molar-refractivity contribution is 0.0979. The van der Waals surface area contributed by atoms with Crippen LogP contribution in [0.1, 0.15) is 18.2 Å². The minimum atomic E-state index is -1.13. The van der Waals surface area contributed by atoms with E-state index in [-0.39, 0.29) is 0 Å². The predicted molar refractivity (Wildman–Crippen MR) is 122 cm³/mol. The van der Waals surface area contributed by atoms with Crippen molar-refractivity contribution in [3.05, 3.63) is 103 Å². The fraction of sp³-hybridized carbons (Fsp3) is 0.0800. The lowest BCUT2D eigenvalue weighted by Gasteiger charge is -2.22. The predicted octanol–water partition coefficient (Wildman–Crippen LogP) is 5.97. The Balaban J connectivity index is 1.42.